The Morgan fingerprint density at radius 2 is 0.664 bits per heavy atom. The number of imidazole rings is 5. The first kappa shape index (κ1) is 80.3. The molecule has 5 aliphatic rings. The van der Waals surface area contributed by atoms with Gasteiger partial charge in [0.15, 0.2) is 0 Å². The smallest absolute Gasteiger partial charge is 0.142 e. The van der Waals surface area contributed by atoms with E-state index in [1.807, 2.05) is 133 Å². The number of pyridine rings is 5. The molecule has 596 valence electrons. The molecule has 116 heavy (non-hydrogen) atoms. The summed E-state index contributed by atoms with van der Waals surface area (Å²) >= 11 is 35.8. The van der Waals surface area contributed by atoms with Gasteiger partial charge in [0, 0.05) is 93.0 Å². The average molecular weight is 1710 g/mol. The monoisotopic (exact) mass is 1700 g/mol. The molecule has 10 aromatic heterocycles. The van der Waals surface area contributed by atoms with Gasteiger partial charge in [-0.1, -0.05) is 231 Å². The van der Waals surface area contributed by atoms with Crippen molar-refractivity contribution >= 4 is 131 Å². The van der Waals surface area contributed by atoms with Crippen molar-refractivity contribution in [1.29, 1.82) is 0 Å². The Morgan fingerprint density at radius 3 is 1.10 bits per heavy atom. The summed E-state index contributed by atoms with van der Waals surface area (Å²) in [7, 11) is 0. The third-order valence-corrected chi connectivity index (χ3v) is 25.7. The SMILES string of the molecule is Cc1cc2nc(-c3ccccc3Cl)c(NC3CCCC3)n2cc1Br.Cc1ccc2nc(-c3ccccc3Cl)c(NC3CCCC3)n2c1.Cc1cccc2nc(-c3ccccc3Cl)c(NC3CCCC3)n12.Cc1cccn2c(NC3CCCC3)c(-c3ccccc3Cl)nc12.Cc1ccn2c(NC3CCCC3)c(-c3ccccc3Cl)nc2c1. The maximum atomic E-state index is 6.45. The standard InChI is InChI=1S/C19H19BrClN3.4C19H20ClN3/c1-12-10-17-23-18(14-8-4-5-9-16(14)21)19(24(17)11-15(12)20)22-13-6-2-3-7-13;1-13-7-6-12-23-18(13)22-17(15-10-4-5-11-16(15)20)19(23)21-14-8-2-3-9-14;1-13-7-6-12-17-22-18(15-10-4-5-11-16(15)20)19(23(13)17)21-14-8-2-3-9-14;1-13-10-11-23-17(12-13)22-18(15-8-4-5-9-16(15)20)19(23)21-14-6-2-3-7-14;1-13-10-11-17-22-18(15-8-4-5-9-16(15)20)19(23(17)12-13)21-14-6-2-3-7-14/h4-5,8-11,13,22H,2-3,6-7H2,1H3;2*4-7,10-12,14,21H,2-3,8-9H2,1H3;2*4-5,8-12,14,21H,2-3,6-7H2,1H3. The molecule has 0 atom stereocenters. The minimum Gasteiger partial charge on any atom is -0.367 e. The lowest BCUT2D eigenvalue weighted by atomic mass is 10.1. The van der Waals surface area contributed by atoms with Gasteiger partial charge in [0.25, 0.3) is 0 Å². The van der Waals surface area contributed by atoms with E-state index in [0.717, 1.165) is 143 Å². The minimum atomic E-state index is 0.506. The predicted octanol–water partition coefficient (Wildman–Crippen LogP) is 27.4. The van der Waals surface area contributed by atoms with Crippen LogP contribution in [0.2, 0.25) is 25.1 Å². The van der Waals surface area contributed by atoms with E-state index in [0.29, 0.717) is 30.2 Å². The largest absolute Gasteiger partial charge is 0.367 e. The number of anilines is 5. The summed E-state index contributed by atoms with van der Waals surface area (Å²) in [6, 6.07) is 63.1. The first-order valence-corrected chi connectivity index (χ1v) is 43.9. The molecular formula is C95H99BrCl5N15. The lowest BCUT2D eigenvalue weighted by molar-refractivity contribution is 0.748. The number of rotatable bonds is 15. The average Bonchev–Trinajstić information content (AvgIpc) is 1.63. The van der Waals surface area contributed by atoms with E-state index in [9.17, 15) is 0 Å². The highest BCUT2D eigenvalue weighted by atomic mass is 79.9. The van der Waals surface area contributed by atoms with Crippen molar-refractivity contribution < 1.29 is 0 Å². The lowest BCUT2D eigenvalue weighted by Gasteiger charge is -2.16. The maximum Gasteiger partial charge on any atom is 0.142 e. The van der Waals surface area contributed by atoms with Gasteiger partial charge in [0.05, 0.1) is 25.1 Å². The molecule has 5 N–H and O–H groups in total. The number of aromatic nitrogens is 10. The normalized spacial score (nSPS) is 15.4. The first-order valence-electron chi connectivity index (χ1n) is 41.2. The molecule has 5 fully saturated rings. The minimum absolute atomic E-state index is 0.506. The molecule has 0 saturated heterocycles. The Bertz CT molecular complexity index is 5860. The van der Waals surface area contributed by atoms with Crippen LogP contribution in [-0.4, -0.2) is 77.1 Å². The van der Waals surface area contributed by atoms with E-state index in [1.54, 1.807) is 0 Å². The number of hydrogen-bond donors (Lipinski definition) is 5. The highest BCUT2D eigenvalue weighted by Crippen LogP contribution is 2.43. The Hall–Kier alpha value is -9.52. The topological polar surface area (TPSA) is 147 Å². The van der Waals surface area contributed by atoms with Crippen LogP contribution in [0, 0.1) is 34.6 Å². The van der Waals surface area contributed by atoms with Crippen molar-refractivity contribution in [1.82, 2.24) is 46.9 Å². The van der Waals surface area contributed by atoms with Crippen LogP contribution in [0.25, 0.3) is 84.5 Å². The van der Waals surface area contributed by atoms with E-state index < -0.39 is 0 Å². The van der Waals surface area contributed by atoms with Gasteiger partial charge in [-0.05, 0) is 210 Å². The fourth-order valence-corrected chi connectivity index (χ4v) is 18.6. The molecule has 0 bridgehead atoms. The van der Waals surface area contributed by atoms with Crippen molar-refractivity contribution in [3.63, 3.8) is 0 Å². The maximum absolute atomic E-state index is 6.45. The van der Waals surface area contributed by atoms with Crippen molar-refractivity contribution in [2.75, 3.05) is 26.6 Å². The number of aryl methyl sites for hydroxylation is 5. The molecular weight excluding hydrogens is 1610 g/mol. The van der Waals surface area contributed by atoms with E-state index in [4.69, 9.17) is 82.9 Å². The van der Waals surface area contributed by atoms with E-state index in [2.05, 4.69) is 172 Å². The molecule has 0 amide bonds. The second-order valence-electron chi connectivity index (χ2n) is 31.7. The van der Waals surface area contributed by atoms with E-state index in [1.165, 1.54) is 156 Å². The van der Waals surface area contributed by atoms with Crippen LogP contribution in [0.4, 0.5) is 29.1 Å². The van der Waals surface area contributed by atoms with Crippen molar-refractivity contribution in [3.8, 4) is 56.3 Å². The molecule has 21 heteroatoms. The van der Waals surface area contributed by atoms with Crippen LogP contribution in [0.5, 0.6) is 0 Å². The first-order chi connectivity index (χ1) is 56.5. The number of hydrogen-bond acceptors (Lipinski definition) is 10. The number of benzene rings is 5. The van der Waals surface area contributed by atoms with Gasteiger partial charge in [0.1, 0.15) is 85.8 Å². The summed E-state index contributed by atoms with van der Waals surface area (Å²) in [5.41, 5.74) is 20.3. The Kier molecular flexibility index (Phi) is 25.3. The van der Waals surface area contributed by atoms with E-state index >= 15 is 0 Å². The number of halogens is 6. The summed E-state index contributed by atoms with van der Waals surface area (Å²) in [5, 5.41) is 22.3. The van der Waals surface area contributed by atoms with Gasteiger partial charge in [-0.2, -0.15) is 0 Å². The van der Waals surface area contributed by atoms with E-state index in [-0.39, 0.29) is 0 Å². The van der Waals surface area contributed by atoms with Gasteiger partial charge >= 0.3 is 0 Å². The summed E-state index contributed by atoms with van der Waals surface area (Å²) in [4.78, 5) is 24.4. The molecule has 5 aliphatic carbocycles. The van der Waals surface area contributed by atoms with Crippen LogP contribution in [-0.2, 0) is 0 Å². The fraction of sp³-hybridized carbons (Fsp3) is 0.316. The van der Waals surface area contributed by atoms with Gasteiger partial charge in [-0.25, -0.2) is 24.9 Å². The molecule has 5 aromatic carbocycles. The van der Waals surface area contributed by atoms with Gasteiger partial charge in [-0.3, -0.25) is 22.0 Å². The van der Waals surface area contributed by atoms with Crippen LogP contribution >= 0.6 is 73.9 Å². The van der Waals surface area contributed by atoms with Gasteiger partial charge < -0.3 is 26.6 Å². The molecule has 0 radical (unpaired) electrons. The zero-order valence-corrected chi connectivity index (χ0v) is 71.8. The summed E-state index contributed by atoms with van der Waals surface area (Å²) in [6.07, 6.45) is 33.6. The summed E-state index contributed by atoms with van der Waals surface area (Å²) < 4.78 is 11.9. The molecule has 0 aliphatic heterocycles. The number of nitrogens with zero attached hydrogens (tertiary/aromatic N) is 10. The molecule has 5 saturated carbocycles. The summed E-state index contributed by atoms with van der Waals surface area (Å²) in [6.45, 7) is 10.5. The Labute approximate surface area is 713 Å². The number of nitrogens with one attached hydrogen (secondary N) is 5. The fourth-order valence-electron chi connectivity index (χ4n) is 17.1. The molecule has 20 rings (SSSR count). The quantitative estimate of drug-likeness (QED) is 0.0672. The Balaban J connectivity index is 0.000000109. The molecule has 10 heterocycles. The van der Waals surface area contributed by atoms with Crippen molar-refractivity contribution in [3.05, 3.63) is 264 Å². The molecule has 0 spiro atoms. The predicted molar refractivity (Wildman–Crippen MR) is 489 cm³/mol. The van der Waals surface area contributed by atoms with Gasteiger partial charge in [-0.15, -0.1) is 0 Å². The Morgan fingerprint density at radius 1 is 0.302 bits per heavy atom. The van der Waals surface area contributed by atoms with Crippen molar-refractivity contribution in [2.24, 2.45) is 0 Å². The third kappa shape index (κ3) is 17.8. The van der Waals surface area contributed by atoms with Gasteiger partial charge in [0.2, 0.25) is 0 Å². The summed E-state index contributed by atoms with van der Waals surface area (Å²) in [5.74, 6) is 5.27. The van der Waals surface area contributed by atoms with Crippen molar-refractivity contribution in [2.45, 2.75) is 193 Å². The molecule has 15 nitrogen and oxygen atoms in total. The zero-order chi connectivity index (χ0) is 79.9. The van der Waals surface area contributed by atoms with Crippen LogP contribution in [0.1, 0.15) is 156 Å². The van der Waals surface area contributed by atoms with Crippen LogP contribution < -0.4 is 26.6 Å². The lowest BCUT2D eigenvalue weighted by Crippen LogP contribution is -2.17. The molecule has 15 aromatic rings. The highest BCUT2D eigenvalue weighted by molar-refractivity contribution is 9.10. The third-order valence-electron chi connectivity index (χ3n) is 23.3. The van der Waals surface area contributed by atoms with Crippen LogP contribution in [0.3, 0.4) is 0 Å². The molecule has 0 unspecified atom stereocenters. The second kappa shape index (κ2) is 36.6. The second-order valence-corrected chi connectivity index (χ2v) is 34.6. The number of fused-ring (bicyclic) bond motifs is 5. The van der Waals surface area contributed by atoms with Crippen LogP contribution in [0.15, 0.2) is 211 Å². The highest BCUT2D eigenvalue weighted by Gasteiger charge is 2.29. The zero-order valence-electron chi connectivity index (χ0n) is 66.4.